The lowest BCUT2D eigenvalue weighted by Crippen LogP contribution is -2.47. The summed E-state index contributed by atoms with van der Waals surface area (Å²) < 4.78 is 0. The molecule has 122 valence electrons. The average molecular weight is 310 g/mol. The van der Waals surface area contributed by atoms with Crippen LogP contribution in [0.2, 0.25) is 0 Å². The van der Waals surface area contributed by atoms with Crippen molar-refractivity contribution in [1.29, 1.82) is 0 Å². The monoisotopic (exact) mass is 310 g/mol. The number of likely N-dealkylation sites (N-methyl/N-ethyl adjacent to an activating group) is 1. The first kappa shape index (κ1) is 16.1. The maximum Gasteiger partial charge on any atom is 0.0271 e. The highest BCUT2D eigenvalue weighted by Crippen LogP contribution is 2.19. The first-order valence-corrected chi connectivity index (χ1v) is 8.59. The summed E-state index contributed by atoms with van der Waals surface area (Å²) in [5, 5.41) is 0. The fourth-order valence-electron chi connectivity index (χ4n) is 3.44. The molecule has 1 atom stereocenters. The Hall–Kier alpha value is -1.78. The zero-order valence-electron chi connectivity index (χ0n) is 13.9. The van der Waals surface area contributed by atoms with Gasteiger partial charge in [0.2, 0.25) is 0 Å². The van der Waals surface area contributed by atoms with Gasteiger partial charge < -0.3 is 0 Å². The van der Waals surface area contributed by atoms with E-state index in [2.05, 4.69) is 51.0 Å². The second-order valence-corrected chi connectivity index (χ2v) is 6.31. The maximum atomic E-state index is 4.12. The smallest absolute Gasteiger partial charge is 0.0271 e. The zero-order valence-corrected chi connectivity index (χ0v) is 13.9. The van der Waals surface area contributed by atoms with Crippen LogP contribution in [0.15, 0.2) is 49.1 Å². The van der Waals surface area contributed by atoms with E-state index in [9.17, 15) is 0 Å². The van der Waals surface area contributed by atoms with Crippen molar-refractivity contribution >= 4 is 0 Å². The minimum absolute atomic E-state index is 0.642. The molecule has 0 saturated carbocycles. The Morgan fingerprint density at radius 3 is 2.35 bits per heavy atom. The fourth-order valence-corrected chi connectivity index (χ4v) is 3.44. The average Bonchev–Trinajstić information content (AvgIpc) is 2.62. The molecule has 1 unspecified atom stereocenters. The van der Waals surface area contributed by atoms with Crippen molar-refractivity contribution in [2.45, 2.75) is 38.9 Å². The minimum atomic E-state index is 0.642. The summed E-state index contributed by atoms with van der Waals surface area (Å²) in [7, 11) is 0. The summed E-state index contributed by atoms with van der Waals surface area (Å²) in [5.74, 6) is 0. The minimum Gasteiger partial charge on any atom is -0.298 e. The molecule has 0 N–H and O–H groups in total. The second-order valence-electron chi connectivity index (χ2n) is 6.31. The Balaban J connectivity index is 1.60. The van der Waals surface area contributed by atoms with E-state index in [0.717, 1.165) is 26.2 Å². The second kappa shape index (κ2) is 8.18. The number of hydrogen-bond donors (Lipinski definition) is 0. The highest BCUT2D eigenvalue weighted by Gasteiger charge is 2.24. The molecule has 0 aliphatic carbocycles. The van der Waals surface area contributed by atoms with Crippen LogP contribution < -0.4 is 0 Å². The highest BCUT2D eigenvalue weighted by molar-refractivity contribution is 5.11. The van der Waals surface area contributed by atoms with E-state index in [1.54, 1.807) is 0 Å². The molecule has 1 fully saturated rings. The van der Waals surface area contributed by atoms with Crippen molar-refractivity contribution in [2.75, 3.05) is 19.6 Å². The van der Waals surface area contributed by atoms with Crippen molar-refractivity contribution in [3.8, 4) is 0 Å². The van der Waals surface area contributed by atoms with Crippen molar-refractivity contribution in [2.24, 2.45) is 0 Å². The molecule has 3 rings (SSSR count). The van der Waals surface area contributed by atoms with Gasteiger partial charge in [-0.25, -0.2) is 0 Å². The SMILES string of the molecule is CCN(Cc1ccncc1)C1CCCN(Cc2ccncc2)C1. The van der Waals surface area contributed by atoms with Gasteiger partial charge in [-0.15, -0.1) is 0 Å². The molecule has 2 aromatic heterocycles. The number of aromatic nitrogens is 2. The van der Waals surface area contributed by atoms with Crippen LogP contribution in [0.1, 0.15) is 30.9 Å². The summed E-state index contributed by atoms with van der Waals surface area (Å²) >= 11 is 0. The van der Waals surface area contributed by atoms with Gasteiger partial charge in [-0.2, -0.15) is 0 Å². The van der Waals surface area contributed by atoms with Crippen LogP contribution in [0.3, 0.4) is 0 Å². The van der Waals surface area contributed by atoms with Crippen LogP contribution in [-0.2, 0) is 13.1 Å². The summed E-state index contributed by atoms with van der Waals surface area (Å²) in [4.78, 5) is 13.4. The summed E-state index contributed by atoms with van der Waals surface area (Å²) in [6.07, 6.45) is 10.1. The third-order valence-corrected chi connectivity index (χ3v) is 4.69. The Labute approximate surface area is 139 Å². The molecule has 23 heavy (non-hydrogen) atoms. The van der Waals surface area contributed by atoms with Crippen molar-refractivity contribution < 1.29 is 0 Å². The quantitative estimate of drug-likeness (QED) is 0.821. The van der Waals surface area contributed by atoms with E-state index < -0.39 is 0 Å². The van der Waals surface area contributed by atoms with Gasteiger partial charge in [-0.3, -0.25) is 19.8 Å². The Bertz CT molecular complexity index is 572. The highest BCUT2D eigenvalue weighted by atomic mass is 15.2. The molecular formula is C19H26N4. The molecular weight excluding hydrogens is 284 g/mol. The van der Waals surface area contributed by atoms with E-state index in [1.165, 1.54) is 30.5 Å². The van der Waals surface area contributed by atoms with E-state index >= 15 is 0 Å². The van der Waals surface area contributed by atoms with Crippen LogP contribution in [-0.4, -0.2) is 45.4 Å². The summed E-state index contributed by atoms with van der Waals surface area (Å²) in [6.45, 7) is 7.77. The van der Waals surface area contributed by atoms with E-state index in [1.807, 2.05) is 24.8 Å². The molecule has 1 aliphatic rings. The van der Waals surface area contributed by atoms with Gasteiger partial charge >= 0.3 is 0 Å². The number of pyridine rings is 2. The number of likely N-dealkylation sites (tertiary alicyclic amines) is 1. The molecule has 4 heteroatoms. The molecule has 0 spiro atoms. The summed E-state index contributed by atoms with van der Waals surface area (Å²) in [6, 6.07) is 9.14. The first-order valence-electron chi connectivity index (χ1n) is 8.59. The van der Waals surface area contributed by atoms with Crippen LogP contribution >= 0.6 is 0 Å². The Morgan fingerprint density at radius 1 is 1.04 bits per heavy atom. The maximum absolute atomic E-state index is 4.12. The molecule has 1 aliphatic heterocycles. The fraction of sp³-hybridized carbons (Fsp3) is 0.474. The predicted molar refractivity (Wildman–Crippen MR) is 92.9 cm³/mol. The molecule has 0 aromatic carbocycles. The van der Waals surface area contributed by atoms with E-state index in [-0.39, 0.29) is 0 Å². The van der Waals surface area contributed by atoms with Crippen molar-refractivity contribution in [1.82, 2.24) is 19.8 Å². The zero-order chi connectivity index (χ0) is 15.9. The topological polar surface area (TPSA) is 32.3 Å². The molecule has 1 saturated heterocycles. The van der Waals surface area contributed by atoms with Crippen LogP contribution in [0.25, 0.3) is 0 Å². The Morgan fingerprint density at radius 2 is 1.70 bits per heavy atom. The van der Waals surface area contributed by atoms with Crippen LogP contribution in [0.4, 0.5) is 0 Å². The van der Waals surface area contributed by atoms with Crippen molar-refractivity contribution in [3.63, 3.8) is 0 Å². The molecule has 3 heterocycles. The third-order valence-electron chi connectivity index (χ3n) is 4.69. The van der Waals surface area contributed by atoms with Gasteiger partial charge in [0.05, 0.1) is 0 Å². The molecule has 4 nitrogen and oxygen atoms in total. The largest absolute Gasteiger partial charge is 0.298 e. The molecule has 0 amide bonds. The van der Waals surface area contributed by atoms with Gasteiger partial charge in [0.1, 0.15) is 0 Å². The van der Waals surface area contributed by atoms with Gasteiger partial charge in [-0.1, -0.05) is 6.92 Å². The lowest BCUT2D eigenvalue weighted by molar-refractivity contribution is 0.0917. The lowest BCUT2D eigenvalue weighted by Gasteiger charge is -2.39. The number of nitrogens with zero attached hydrogens (tertiary/aromatic N) is 4. The number of rotatable bonds is 6. The first-order chi connectivity index (χ1) is 11.3. The lowest BCUT2D eigenvalue weighted by atomic mass is 10.0. The van der Waals surface area contributed by atoms with E-state index in [4.69, 9.17) is 0 Å². The van der Waals surface area contributed by atoms with Gasteiger partial charge in [0.15, 0.2) is 0 Å². The van der Waals surface area contributed by atoms with Crippen LogP contribution in [0, 0.1) is 0 Å². The number of hydrogen-bond acceptors (Lipinski definition) is 4. The third kappa shape index (κ3) is 4.60. The van der Waals surface area contributed by atoms with Gasteiger partial charge in [-0.05, 0) is 61.3 Å². The van der Waals surface area contributed by atoms with Crippen molar-refractivity contribution in [3.05, 3.63) is 60.2 Å². The van der Waals surface area contributed by atoms with Crippen LogP contribution in [0.5, 0.6) is 0 Å². The summed E-state index contributed by atoms with van der Waals surface area (Å²) in [5.41, 5.74) is 2.71. The number of piperidine rings is 1. The predicted octanol–water partition coefficient (Wildman–Crippen LogP) is 2.96. The standard InChI is InChI=1S/C19H26N4/c1-2-23(15-18-7-11-21-12-8-18)19-4-3-13-22(16-19)14-17-5-9-20-10-6-17/h5-12,19H,2-4,13-16H2,1H3. The Kier molecular flexibility index (Phi) is 5.72. The van der Waals surface area contributed by atoms with E-state index in [0.29, 0.717) is 6.04 Å². The molecule has 0 radical (unpaired) electrons. The molecule has 2 aromatic rings. The van der Waals surface area contributed by atoms with Gasteiger partial charge in [0, 0.05) is 50.5 Å². The molecule has 0 bridgehead atoms. The van der Waals surface area contributed by atoms with Gasteiger partial charge in [0.25, 0.3) is 0 Å². The normalized spacial score (nSPS) is 19.1.